The zero-order chi connectivity index (χ0) is 16.2. The summed E-state index contributed by atoms with van der Waals surface area (Å²) in [7, 11) is -3.26. The number of carbonyl (C=O) groups excluding carboxylic acids is 2. The zero-order valence-electron chi connectivity index (χ0n) is 12.5. The molecule has 0 saturated carbocycles. The van der Waals surface area contributed by atoms with Gasteiger partial charge in [-0.1, -0.05) is 12.1 Å². The molecule has 1 aromatic carbocycles. The first kappa shape index (κ1) is 16.8. The molecular weight excluding hydrogens is 309 g/mol. The van der Waals surface area contributed by atoms with Gasteiger partial charge in [0.1, 0.15) is 0 Å². The third-order valence-corrected chi connectivity index (χ3v) is 5.03. The van der Waals surface area contributed by atoms with Crippen molar-refractivity contribution in [3.05, 3.63) is 35.4 Å². The lowest BCUT2D eigenvalue weighted by atomic mass is 10.1. The number of carbonyl (C=O) groups is 2. The van der Waals surface area contributed by atoms with E-state index in [0.29, 0.717) is 16.2 Å². The second kappa shape index (κ2) is 7.15. The van der Waals surface area contributed by atoms with Crippen LogP contribution in [0.3, 0.4) is 0 Å². The summed E-state index contributed by atoms with van der Waals surface area (Å²) in [5.41, 5.74) is 0.593. The van der Waals surface area contributed by atoms with Gasteiger partial charge in [0.2, 0.25) is 0 Å². The lowest BCUT2D eigenvalue weighted by Crippen LogP contribution is -2.31. The van der Waals surface area contributed by atoms with E-state index in [1.165, 1.54) is 0 Å². The summed E-state index contributed by atoms with van der Waals surface area (Å²) in [4.78, 5) is 29.3. The topological polar surface area (TPSA) is 82.1 Å². The predicted molar refractivity (Wildman–Crippen MR) is 78.6 cm³/mol. The van der Waals surface area contributed by atoms with Crippen LogP contribution in [0.4, 0.5) is 0 Å². The molecule has 8 heteroatoms. The highest BCUT2D eigenvalue weighted by molar-refractivity contribution is 7.53. The molecule has 1 aliphatic rings. The second-order valence-electron chi connectivity index (χ2n) is 4.45. The minimum absolute atomic E-state index is 0.0396. The van der Waals surface area contributed by atoms with E-state index in [1.807, 2.05) is 0 Å². The largest absolute Gasteiger partial charge is 0.333 e. The number of nitrogens with zero attached hydrogens (tertiary/aromatic N) is 1. The predicted octanol–water partition coefficient (Wildman–Crippen LogP) is 2.48. The van der Waals surface area contributed by atoms with Crippen molar-refractivity contribution in [3.8, 4) is 0 Å². The molecule has 0 atom stereocenters. The monoisotopic (exact) mass is 327 g/mol. The van der Waals surface area contributed by atoms with Gasteiger partial charge in [0, 0.05) is 0 Å². The van der Waals surface area contributed by atoms with E-state index in [2.05, 4.69) is 0 Å². The van der Waals surface area contributed by atoms with E-state index in [0.717, 1.165) is 0 Å². The molecule has 0 unspecified atom stereocenters. The fraction of sp³-hybridized carbons (Fsp3) is 0.429. The normalized spacial score (nSPS) is 14.5. The molecule has 0 bridgehead atoms. The number of fused-ring (bicyclic) bond motifs is 1. The number of amides is 2. The Morgan fingerprint density at radius 2 is 1.50 bits per heavy atom. The van der Waals surface area contributed by atoms with Crippen LogP contribution in [-0.4, -0.2) is 42.9 Å². The summed E-state index contributed by atoms with van der Waals surface area (Å²) in [6, 6.07) is 6.46. The Bertz CT molecular complexity index is 572. The van der Waals surface area contributed by atoms with Gasteiger partial charge in [0.15, 0.2) is 0 Å². The van der Waals surface area contributed by atoms with Crippen molar-refractivity contribution in [1.29, 1.82) is 0 Å². The van der Waals surface area contributed by atoms with Crippen molar-refractivity contribution in [1.82, 2.24) is 5.06 Å². The van der Waals surface area contributed by atoms with Crippen LogP contribution in [0, 0.1) is 0 Å². The molecule has 1 aliphatic heterocycles. The van der Waals surface area contributed by atoms with Crippen LogP contribution in [0.5, 0.6) is 0 Å². The molecule has 22 heavy (non-hydrogen) atoms. The molecule has 0 fully saturated rings. The summed E-state index contributed by atoms with van der Waals surface area (Å²) >= 11 is 0. The van der Waals surface area contributed by atoms with E-state index < -0.39 is 19.4 Å². The molecule has 0 radical (unpaired) electrons. The quantitative estimate of drug-likeness (QED) is 0.539. The Balaban J connectivity index is 1.97. The minimum atomic E-state index is -3.26. The Hall–Kier alpha value is -1.53. The summed E-state index contributed by atoms with van der Waals surface area (Å²) < 4.78 is 22.5. The molecule has 0 spiro atoms. The third-order valence-electron chi connectivity index (χ3n) is 2.99. The number of hydrogen-bond donors (Lipinski definition) is 0. The number of benzene rings is 1. The Kier molecular flexibility index (Phi) is 5.47. The molecule has 1 heterocycles. The SMILES string of the molecule is CCOP(=O)(CCON1C(=O)c2ccccc2C1=O)OCC. The molecule has 7 nitrogen and oxygen atoms in total. The average Bonchev–Trinajstić information content (AvgIpc) is 2.73. The van der Waals surface area contributed by atoms with Crippen molar-refractivity contribution < 1.29 is 28.0 Å². The molecule has 0 saturated heterocycles. The van der Waals surface area contributed by atoms with Crippen LogP contribution in [0.15, 0.2) is 24.3 Å². The zero-order valence-corrected chi connectivity index (χ0v) is 13.4. The highest BCUT2D eigenvalue weighted by Gasteiger charge is 2.37. The molecule has 120 valence electrons. The van der Waals surface area contributed by atoms with Gasteiger partial charge < -0.3 is 9.05 Å². The maximum Gasteiger partial charge on any atom is 0.333 e. The Morgan fingerprint density at radius 3 is 1.95 bits per heavy atom. The standard InChI is InChI=1S/C14H18NO6P/c1-3-20-22(18,21-4-2)10-9-19-15-13(16)11-7-5-6-8-12(11)14(15)17/h5-8H,3-4,9-10H2,1-2H3. The first-order chi connectivity index (χ1) is 10.5. The van der Waals surface area contributed by atoms with E-state index >= 15 is 0 Å². The summed E-state index contributed by atoms with van der Waals surface area (Å²) in [5.74, 6) is -1.05. The summed E-state index contributed by atoms with van der Waals surface area (Å²) in [5, 5.41) is 0.687. The van der Waals surface area contributed by atoms with Crippen molar-refractivity contribution in [2.24, 2.45) is 0 Å². The van der Waals surface area contributed by atoms with Gasteiger partial charge in [0.05, 0.1) is 37.1 Å². The van der Waals surface area contributed by atoms with E-state index in [1.54, 1.807) is 38.1 Å². The van der Waals surface area contributed by atoms with Crippen molar-refractivity contribution in [2.75, 3.05) is 26.0 Å². The van der Waals surface area contributed by atoms with E-state index in [-0.39, 0.29) is 26.0 Å². The number of hydrogen-bond acceptors (Lipinski definition) is 6. The van der Waals surface area contributed by atoms with Gasteiger partial charge in [-0.25, -0.2) is 0 Å². The highest BCUT2D eigenvalue weighted by Crippen LogP contribution is 2.47. The highest BCUT2D eigenvalue weighted by atomic mass is 31.2. The van der Waals surface area contributed by atoms with Crippen molar-refractivity contribution in [3.63, 3.8) is 0 Å². The lowest BCUT2D eigenvalue weighted by molar-refractivity contribution is -0.0865. The fourth-order valence-electron chi connectivity index (χ4n) is 2.09. The van der Waals surface area contributed by atoms with Gasteiger partial charge in [-0.2, -0.15) is 0 Å². The molecule has 0 aliphatic carbocycles. The second-order valence-corrected chi connectivity index (χ2v) is 6.64. The van der Waals surface area contributed by atoms with Crippen LogP contribution in [0.1, 0.15) is 34.6 Å². The van der Waals surface area contributed by atoms with Crippen LogP contribution >= 0.6 is 7.60 Å². The van der Waals surface area contributed by atoms with Crippen LogP contribution in [-0.2, 0) is 18.5 Å². The molecule has 0 aromatic heterocycles. The summed E-state index contributed by atoms with van der Waals surface area (Å²) in [6.45, 7) is 3.77. The molecule has 2 amide bonds. The van der Waals surface area contributed by atoms with Gasteiger partial charge in [0.25, 0.3) is 11.8 Å². The number of hydroxylamine groups is 2. The van der Waals surface area contributed by atoms with Crippen LogP contribution in [0.25, 0.3) is 0 Å². The minimum Gasteiger partial charge on any atom is -0.309 e. The number of rotatable bonds is 8. The van der Waals surface area contributed by atoms with Crippen molar-refractivity contribution >= 4 is 19.4 Å². The molecule has 2 rings (SSSR count). The van der Waals surface area contributed by atoms with Crippen LogP contribution < -0.4 is 0 Å². The van der Waals surface area contributed by atoms with Gasteiger partial charge >= 0.3 is 7.60 Å². The van der Waals surface area contributed by atoms with Gasteiger partial charge in [-0.3, -0.25) is 19.0 Å². The maximum atomic E-state index is 12.3. The van der Waals surface area contributed by atoms with Gasteiger partial charge in [-0.15, -0.1) is 5.06 Å². The first-order valence-electron chi connectivity index (χ1n) is 7.01. The van der Waals surface area contributed by atoms with E-state index in [4.69, 9.17) is 13.9 Å². The van der Waals surface area contributed by atoms with E-state index in [9.17, 15) is 14.2 Å². The Labute approximate surface area is 128 Å². The van der Waals surface area contributed by atoms with Crippen molar-refractivity contribution in [2.45, 2.75) is 13.8 Å². The average molecular weight is 327 g/mol. The Morgan fingerprint density at radius 1 is 1.00 bits per heavy atom. The molecule has 0 N–H and O–H groups in total. The molecule has 1 aromatic rings. The third kappa shape index (κ3) is 3.44. The lowest BCUT2D eigenvalue weighted by Gasteiger charge is -2.18. The maximum absolute atomic E-state index is 12.3. The smallest absolute Gasteiger partial charge is 0.309 e. The van der Waals surface area contributed by atoms with Gasteiger partial charge in [-0.05, 0) is 26.0 Å². The number of imide groups is 1. The van der Waals surface area contributed by atoms with Crippen LogP contribution in [0.2, 0.25) is 0 Å². The first-order valence-corrected chi connectivity index (χ1v) is 8.74. The molecular formula is C14H18NO6P. The fourth-order valence-corrected chi connectivity index (χ4v) is 3.51. The summed E-state index contributed by atoms with van der Waals surface area (Å²) in [6.07, 6.45) is -0.0396.